The van der Waals surface area contributed by atoms with Crippen molar-refractivity contribution >= 4 is 5.78 Å². The van der Waals surface area contributed by atoms with Crippen molar-refractivity contribution in [1.82, 2.24) is 0 Å². The van der Waals surface area contributed by atoms with Crippen LogP contribution in [0.1, 0.15) is 12.8 Å². The molecule has 0 unspecified atom stereocenters. The van der Waals surface area contributed by atoms with E-state index in [0.717, 1.165) is 6.42 Å². The van der Waals surface area contributed by atoms with Crippen LogP contribution >= 0.6 is 0 Å². The number of carbonyl (C=O) groups is 1. The van der Waals surface area contributed by atoms with E-state index in [4.69, 9.17) is 0 Å². The van der Waals surface area contributed by atoms with E-state index in [0.29, 0.717) is 6.42 Å². The van der Waals surface area contributed by atoms with Crippen molar-refractivity contribution < 1.29 is 9.18 Å². The first-order valence-electron chi connectivity index (χ1n) is 2.97. The summed E-state index contributed by atoms with van der Waals surface area (Å²) in [5.41, 5.74) is 0. The van der Waals surface area contributed by atoms with Crippen molar-refractivity contribution in [3.05, 3.63) is 0 Å². The van der Waals surface area contributed by atoms with Crippen LogP contribution in [-0.2, 0) is 4.79 Å². The van der Waals surface area contributed by atoms with Crippen LogP contribution < -0.4 is 0 Å². The SMILES string of the molecule is O=C1CC[C@H]2[C@@H](F)[C@@H]12. The predicted octanol–water partition coefficient (Wildman–Crippen LogP) is 0.933. The molecule has 0 heterocycles. The Morgan fingerprint density at radius 3 is 2.62 bits per heavy atom. The normalized spacial score (nSPS) is 51.6. The molecular formula is C6H7FO. The van der Waals surface area contributed by atoms with Crippen molar-refractivity contribution in [2.75, 3.05) is 0 Å². The molecule has 3 atom stereocenters. The third-order valence-electron chi connectivity index (χ3n) is 2.17. The summed E-state index contributed by atoms with van der Waals surface area (Å²) in [7, 11) is 0. The quantitative estimate of drug-likeness (QED) is 0.458. The number of halogens is 1. The van der Waals surface area contributed by atoms with Gasteiger partial charge in [0.2, 0.25) is 0 Å². The van der Waals surface area contributed by atoms with Crippen molar-refractivity contribution in [3.8, 4) is 0 Å². The summed E-state index contributed by atoms with van der Waals surface area (Å²) >= 11 is 0. The van der Waals surface area contributed by atoms with E-state index in [9.17, 15) is 9.18 Å². The second-order valence-corrected chi connectivity index (χ2v) is 2.64. The van der Waals surface area contributed by atoms with Gasteiger partial charge in [-0.2, -0.15) is 0 Å². The number of rotatable bonds is 0. The van der Waals surface area contributed by atoms with Crippen molar-refractivity contribution in [2.45, 2.75) is 19.0 Å². The average molecular weight is 114 g/mol. The summed E-state index contributed by atoms with van der Waals surface area (Å²) in [4.78, 5) is 10.6. The summed E-state index contributed by atoms with van der Waals surface area (Å²) in [6.45, 7) is 0. The fourth-order valence-corrected chi connectivity index (χ4v) is 1.56. The van der Waals surface area contributed by atoms with Gasteiger partial charge in [-0.15, -0.1) is 0 Å². The van der Waals surface area contributed by atoms with Crippen LogP contribution in [0.15, 0.2) is 0 Å². The Bertz CT molecular complexity index is 143. The standard InChI is InChI=1S/C6H7FO/c7-6-3-1-2-4(8)5(3)6/h3,5-6H,1-2H2/t3-,5-,6-/m1/s1. The lowest BCUT2D eigenvalue weighted by molar-refractivity contribution is -0.119. The van der Waals surface area contributed by atoms with Gasteiger partial charge in [-0.05, 0) is 6.42 Å². The van der Waals surface area contributed by atoms with Crippen molar-refractivity contribution in [1.29, 1.82) is 0 Å². The Morgan fingerprint density at radius 1 is 1.62 bits per heavy atom. The molecule has 8 heavy (non-hydrogen) atoms. The molecule has 2 fully saturated rings. The summed E-state index contributed by atoms with van der Waals surface area (Å²) in [6, 6.07) is 0. The van der Waals surface area contributed by atoms with Crippen LogP contribution in [0.3, 0.4) is 0 Å². The molecule has 0 bridgehead atoms. The second-order valence-electron chi connectivity index (χ2n) is 2.64. The Kier molecular flexibility index (Phi) is 0.626. The summed E-state index contributed by atoms with van der Waals surface area (Å²) < 4.78 is 12.3. The molecule has 2 aliphatic rings. The maximum absolute atomic E-state index is 12.3. The summed E-state index contributed by atoms with van der Waals surface area (Å²) in [5.74, 6) is 0.139. The first kappa shape index (κ1) is 4.48. The summed E-state index contributed by atoms with van der Waals surface area (Å²) in [6.07, 6.45) is 0.691. The molecule has 2 heteroatoms. The minimum atomic E-state index is -0.753. The lowest BCUT2D eigenvalue weighted by Gasteiger charge is -1.87. The lowest BCUT2D eigenvalue weighted by atomic mass is 10.2. The highest BCUT2D eigenvalue weighted by molar-refractivity contribution is 5.87. The molecule has 0 amide bonds. The first-order chi connectivity index (χ1) is 3.80. The van der Waals surface area contributed by atoms with Gasteiger partial charge in [-0.3, -0.25) is 4.79 Å². The maximum Gasteiger partial charge on any atom is 0.139 e. The van der Waals surface area contributed by atoms with Gasteiger partial charge in [-0.1, -0.05) is 0 Å². The number of Topliss-reactive ketones (excluding diaryl/α,β-unsaturated/α-hetero) is 1. The summed E-state index contributed by atoms with van der Waals surface area (Å²) in [5, 5.41) is 0. The van der Waals surface area contributed by atoms with Crippen LogP contribution in [0, 0.1) is 11.8 Å². The van der Waals surface area contributed by atoms with Gasteiger partial charge in [-0.25, -0.2) is 4.39 Å². The highest BCUT2D eigenvalue weighted by Gasteiger charge is 2.58. The van der Waals surface area contributed by atoms with Gasteiger partial charge in [0, 0.05) is 12.3 Å². The highest BCUT2D eigenvalue weighted by atomic mass is 19.1. The van der Waals surface area contributed by atoms with Crippen LogP contribution in [0.25, 0.3) is 0 Å². The van der Waals surface area contributed by atoms with Crippen molar-refractivity contribution in [2.24, 2.45) is 11.8 Å². The molecule has 0 aromatic carbocycles. The minimum absolute atomic E-state index is 0.141. The molecule has 0 spiro atoms. The van der Waals surface area contributed by atoms with E-state index in [1.54, 1.807) is 0 Å². The molecule has 2 aliphatic carbocycles. The number of ketones is 1. The Balaban J connectivity index is 2.18. The molecule has 0 N–H and O–H groups in total. The zero-order valence-electron chi connectivity index (χ0n) is 4.43. The molecule has 2 saturated carbocycles. The Morgan fingerprint density at radius 2 is 2.38 bits per heavy atom. The van der Waals surface area contributed by atoms with Gasteiger partial charge in [0.15, 0.2) is 0 Å². The number of carbonyl (C=O) groups excluding carboxylic acids is 1. The topological polar surface area (TPSA) is 17.1 Å². The zero-order valence-corrected chi connectivity index (χ0v) is 4.43. The van der Waals surface area contributed by atoms with Gasteiger partial charge >= 0.3 is 0 Å². The van der Waals surface area contributed by atoms with Crippen LogP contribution in [0.2, 0.25) is 0 Å². The van der Waals surface area contributed by atoms with E-state index in [1.165, 1.54) is 0 Å². The first-order valence-corrected chi connectivity index (χ1v) is 2.97. The van der Waals surface area contributed by atoms with E-state index < -0.39 is 6.17 Å². The van der Waals surface area contributed by atoms with E-state index in [2.05, 4.69) is 0 Å². The predicted molar refractivity (Wildman–Crippen MR) is 26.1 cm³/mol. The van der Waals surface area contributed by atoms with Crippen molar-refractivity contribution in [3.63, 3.8) is 0 Å². The largest absolute Gasteiger partial charge is 0.299 e. The van der Waals surface area contributed by atoms with Crippen LogP contribution in [-0.4, -0.2) is 12.0 Å². The molecule has 0 saturated heterocycles. The van der Waals surface area contributed by atoms with Gasteiger partial charge in [0.1, 0.15) is 12.0 Å². The van der Waals surface area contributed by atoms with E-state index >= 15 is 0 Å². The van der Waals surface area contributed by atoms with Gasteiger partial charge in [0.25, 0.3) is 0 Å². The molecule has 1 nitrogen and oxygen atoms in total. The smallest absolute Gasteiger partial charge is 0.139 e. The van der Waals surface area contributed by atoms with Gasteiger partial charge in [0.05, 0.1) is 5.92 Å². The molecule has 2 rings (SSSR count). The zero-order chi connectivity index (χ0) is 5.72. The minimum Gasteiger partial charge on any atom is -0.299 e. The number of hydrogen-bond acceptors (Lipinski definition) is 1. The second kappa shape index (κ2) is 1.12. The number of fused-ring (bicyclic) bond motifs is 1. The molecule has 0 aromatic rings. The fraction of sp³-hybridized carbons (Fsp3) is 0.833. The monoisotopic (exact) mass is 114 g/mol. The molecule has 0 radical (unpaired) electrons. The number of alkyl halides is 1. The third kappa shape index (κ3) is 0.343. The van der Waals surface area contributed by atoms with Gasteiger partial charge < -0.3 is 0 Å². The molecule has 0 aliphatic heterocycles. The lowest BCUT2D eigenvalue weighted by Crippen LogP contribution is -1.98. The van der Waals surface area contributed by atoms with E-state index in [-0.39, 0.29) is 17.6 Å². The number of hydrogen-bond donors (Lipinski definition) is 0. The van der Waals surface area contributed by atoms with Crippen LogP contribution in [0.5, 0.6) is 0 Å². The Hall–Kier alpha value is -0.400. The Labute approximate surface area is 46.9 Å². The highest BCUT2D eigenvalue weighted by Crippen LogP contribution is 2.51. The molecule has 0 aromatic heterocycles. The van der Waals surface area contributed by atoms with Crippen LogP contribution in [0.4, 0.5) is 4.39 Å². The third-order valence-corrected chi connectivity index (χ3v) is 2.17. The molecular weight excluding hydrogens is 107 g/mol. The van der Waals surface area contributed by atoms with E-state index in [1.807, 2.05) is 0 Å². The molecule has 44 valence electrons. The fourth-order valence-electron chi connectivity index (χ4n) is 1.56. The average Bonchev–Trinajstić information content (AvgIpc) is 2.13. The maximum atomic E-state index is 12.3.